The first-order chi connectivity index (χ1) is 7.15. The van der Waals surface area contributed by atoms with Crippen LogP contribution in [-0.2, 0) is 4.74 Å². The van der Waals surface area contributed by atoms with Crippen LogP contribution in [0.3, 0.4) is 0 Å². The monoisotopic (exact) mass is 289 g/mol. The van der Waals surface area contributed by atoms with Crippen molar-refractivity contribution < 1.29 is 9.53 Å². The van der Waals surface area contributed by atoms with Crippen LogP contribution in [0.2, 0.25) is 5.15 Å². The number of imidazole rings is 1. The summed E-state index contributed by atoms with van der Waals surface area (Å²) in [7, 11) is 1.29. The molecule has 0 unspecified atom stereocenters. The van der Waals surface area contributed by atoms with E-state index in [9.17, 15) is 4.79 Å². The number of hydrogen-bond donors (Lipinski definition) is 0. The normalized spacial score (nSPS) is 10.6. The number of carbonyl (C=O) groups excluding carboxylic acids is 1. The number of hydrogen-bond acceptors (Lipinski definition) is 4. The number of carbonyl (C=O) groups is 1. The second-order valence-corrected chi connectivity index (χ2v) is 3.76. The predicted octanol–water partition coefficient (Wildman–Crippen LogP) is 1.93. The third-order valence-corrected chi connectivity index (χ3v) is 2.67. The fraction of sp³-hybridized carbons (Fsp3) is 0.125. The van der Waals surface area contributed by atoms with Crippen molar-refractivity contribution >= 4 is 39.0 Å². The topological polar surface area (TPSA) is 56.5 Å². The van der Waals surface area contributed by atoms with Gasteiger partial charge in [-0.3, -0.25) is 4.40 Å². The molecule has 15 heavy (non-hydrogen) atoms. The molecule has 0 aromatic carbocycles. The smallest absolute Gasteiger partial charge is 0.374 e. The third kappa shape index (κ3) is 1.59. The Kier molecular flexibility index (Phi) is 2.62. The maximum atomic E-state index is 11.4. The first-order valence-electron chi connectivity index (χ1n) is 3.91. The van der Waals surface area contributed by atoms with Crippen LogP contribution in [-0.4, -0.2) is 27.4 Å². The molecule has 2 aromatic heterocycles. The van der Waals surface area contributed by atoms with Crippen molar-refractivity contribution in [2.24, 2.45) is 0 Å². The minimum absolute atomic E-state index is 0.156. The van der Waals surface area contributed by atoms with E-state index in [4.69, 9.17) is 11.6 Å². The highest BCUT2D eigenvalue weighted by Gasteiger charge is 2.18. The van der Waals surface area contributed by atoms with Crippen LogP contribution in [0.25, 0.3) is 5.52 Å². The van der Waals surface area contributed by atoms with E-state index in [-0.39, 0.29) is 11.0 Å². The van der Waals surface area contributed by atoms with Crippen LogP contribution in [0.1, 0.15) is 10.6 Å². The Balaban J connectivity index is 2.79. The molecule has 0 aliphatic heterocycles. The van der Waals surface area contributed by atoms with E-state index in [0.29, 0.717) is 10.1 Å². The minimum Gasteiger partial charge on any atom is -0.463 e. The Labute approximate surface area is 98.2 Å². The van der Waals surface area contributed by atoms with Gasteiger partial charge in [0.2, 0.25) is 5.82 Å². The molecule has 78 valence electrons. The minimum atomic E-state index is -0.530. The third-order valence-electron chi connectivity index (χ3n) is 1.84. The molecule has 2 aromatic rings. The van der Waals surface area contributed by atoms with Crippen LogP contribution < -0.4 is 0 Å². The standard InChI is InChI=1S/C8H5BrClN3O2/c1-15-8(14)7-12-5(9)4-6(10)11-2-3-13(4)7/h2-3H,1H3. The van der Waals surface area contributed by atoms with E-state index in [1.165, 1.54) is 17.7 Å². The van der Waals surface area contributed by atoms with E-state index >= 15 is 0 Å². The summed E-state index contributed by atoms with van der Waals surface area (Å²) in [6.45, 7) is 0. The highest BCUT2D eigenvalue weighted by molar-refractivity contribution is 9.10. The molecular formula is C8H5BrClN3O2. The van der Waals surface area contributed by atoms with Crippen LogP contribution in [0.5, 0.6) is 0 Å². The van der Waals surface area contributed by atoms with E-state index in [2.05, 4.69) is 30.6 Å². The van der Waals surface area contributed by atoms with Crippen molar-refractivity contribution in [1.29, 1.82) is 0 Å². The molecule has 0 spiro atoms. The largest absolute Gasteiger partial charge is 0.463 e. The van der Waals surface area contributed by atoms with Gasteiger partial charge in [0.1, 0.15) is 10.1 Å². The van der Waals surface area contributed by atoms with Crippen molar-refractivity contribution in [3.63, 3.8) is 0 Å². The second kappa shape index (κ2) is 3.79. The fourth-order valence-corrected chi connectivity index (χ4v) is 2.09. The quantitative estimate of drug-likeness (QED) is 0.753. The molecule has 0 fully saturated rings. The lowest BCUT2D eigenvalue weighted by Crippen LogP contribution is -2.07. The Morgan fingerprint density at radius 1 is 1.67 bits per heavy atom. The van der Waals surface area contributed by atoms with Crippen LogP contribution in [0.4, 0.5) is 0 Å². The number of methoxy groups -OCH3 is 1. The van der Waals surface area contributed by atoms with Crippen molar-refractivity contribution in [1.82, 2.24) is 14.4 Å². The molecule has 7 heteroatoms. The average Bonchev–Trinajstić information content (AvgIpc) is 2.56. The van der Waals surface area contributed by atoms with Gasteiger partial charge in [-0.15, -0.1) is 0 Å². The van der Waals surface area contributed by atoms with Gasteiger partial charge in [-0.25, -0.2) is 14.8 Å². The summed E-state index contributed by atoms with van der Waals surface area (Å²) < 4.78 is 6.57. The van der Waals surface area contributed by atoms with Gasteiger partial charge < -0.3 is 4.74 Å². The van der Waals surface area contributed by atoms with Gasteiger partial charge in [-0.2, -0.15) is 0 Å². The highest BCUT2D eigenvalue weighted by Crippen LogP contribution is 2.24. The zero-order valence-corrected chi connectivity index (χ0v) is 9.91. The average molecular weight is 291 g/mol. The van der Waals surface area contributed by atoms with Crippen molar-refractivity contribution in [2.75, 3.05) is 7.11 Å². The van der Waals surface area contributed by atoms with Gasteiger partial charge in [-0.05, 0) is 15.9 Å². The lowest BCUT2D eigenvalue weighted by Gasteiger charge is -1.98. The maximum absolute atomic E-state index is 11.4. The van der Waals surface area contributed by atoms with Crippen molar-refractivity contribution in [2.45, 2.75) is 0 Å². The number of esters is 1. The van der Waals surface area contributed by atoms with Crippen molar-refractivity contribution in [3.05, 3.63) is 28.0 Å². The Bertz CT molecular complexity index is 540. The summed E-state index contributed by atoms with van der Waals surface area (Å²) in [6.07, 6.45) is 3.07. The molecule has 0 aliphatic rings. The Morgan fingerprint density at radius 2 is 2.40 bits per heavy atom. The zero-order valence-electron chi connectivity index (χ0n) is 7.57. The number of aromatic nitrogens is 3. The SMILES string of the molecule is COC(=O)c1nc(Br)c2c(Cl)nccn12. The van der Waals surface area contributed by atoms with Crippen LogP contribution in [0, 0.1) is 0 Å². The summed E-state index contributed by atoms with van der Waals surface area (Å²) >= 11 is 9.07. The van der Waals surface area contributed by atoms with Crippen LogP contribution in [0.15, 0.2) is 17.0 Å². The molecule has 2 heterocycles. The van der Waals surface area contributed by atoms with Gasteiger partial charge in [0.25, 0.3) is 0 Å². The van der Waals surface area contributed by atoms with E-state index in [1.807, 2.05) is 0 Å². The number of halogens is 2. The number of rotatable bonds is 1. The molecule has 0 saturated carbocycles. The molecule has 0 bridgehead atoms. The highest BCUT2D eigenvalue weighted by atomic mass is 79.9. The van der Waals surface area contributed by atoms with E-state index < -0.39 is 5.97 Å². The van der Waals surface area contributed by atoms with Gasteiger partial charge in [0.05, 0.1) is 7.11 Å². The molecule has 0 N–H and O–H groups in total. The first kappa shape index (κ1) is 10.4. The van der Waals surface area contributed by atoms with Crippen LogP contribution >= 0.6 is 27.5 Å². The van der Waals surface area contributed by atoms with Gasteiger partial charge in [0.15, 0.2) is 5.15 Å². The van der Waals surface area contributed by atoms with Gasteiger partial charge >= 0.3 is 5.97 Å². The molecular weight excluding hydrogens is 285 g/mol. The maximum Gasteiger partial charge on any atom is 0.374 e. The van der Waals surface area contributed by atoms with E-state index in [0.717, 1.165) is 0 Å². The summed E-state index contributed by atoms with van der Waals surface area (Å²) in [5.74, 6) is -0.373. The molecule has 2 rings (SSSR count). The van der Waals surface area contributed by atoms with E-state index in [1.54, 1.807) is 6.20 Å². The fourth-order valence-electron chi connectivity index (χ4n) is 1.20. The first-order valence-corrected chi connectivity index (χ1v) is 5.08. The molecule has 0 amide bonds. The summed E-state index contributed by atoms with van der Waals surface area (Å²) in [5, 5.41) is 0.270. The Morgan fingerprint density at radius 3 is 3.07 bits per heavy atom. The lowest BCUT2D eigenvalue weighted by molar-refractivity contribution is 0.0586. The van der Waals surface area contributed by atoms with Gasteiger partial charge in [0, 0.05) is 12.4 Å². The number of nitrogens with zero attached hydrogens (tertiary/aromatic N) is 3. The number of ether oxygens (including phenoxy) is 1. The molecule has 0 atom stereocenters. The molecule has 0 aliphatic carbocycles. The summed E-state index contributed by atoms with van der Waals surface area (Å²) in [6, 6.07) is 0. The zero-order chi connectivity index (χ0) is 11.0. The second-order valence-electron chi connectivity index (χ2n) is 2.65. The molecule has 0 radical (unpaired) electrons. The Hall–Kier alpha value is -1.14. The lowest BCUT2D eigenvalue weighted by atomic mass is 10.5. The summed E-state index contributed by atoms with van der Waals surface area (Å²) in [4.78, 5) is 19.3. The molecule has 0 saturated heterocycles. The number of fused-ring (bicyclic) bond motifs is 1. The molecule has 5 nitrogen and oxygen atoms in total. The summed E-state index contributed by atoms with van der Waals surface area (Å²) in [5.41, 5.74) is 0.541. The van der Waals surface area contributed by atoms with Crippen molar-refractivity contribution in [3.8, 4) is 0 Å². The van der Waals surface area contributed by atoms with Gasteiger partial charge in [-0.1, -0.05) is 11.6 Å². The predicted molar refractivity (Wildman–Crippen MR) is 57.0 cm³/mol.